The zero-order valence-electron chi connectivity index (χ0n) is 13.6. The van der Waals surface area contributed by atoms with E-state index < -0.39 is 0 Å². The summed E-state index contributed by atoms with van der Waals surface area (Å²) < 4.78 is 31.8. The van der Waals surface area contributed by atoms with E-state index in [2.05, 4.69) is 25.7 Å². The smallest absolute Gasteiger partial charge is 0.237 e. The van der Waals surface area contributed by atoms with Crippen LogP contribution in [-0.4, -0.2) is 20.3 Å². The summed E-state index contributed by atoms with van der Waals surface area (Å²) in [5.74, 6) is 0.649. The summed E-state index contributed by atoms with van der Waals surface area (Å²) in [6.07, 6.45) is 0. The summed E-state index contributed by atoms with van der Waals surface area (Å²) in [7, 11) is 0. The van der Waals surface area contributed by atoms with E-state index >= 15 is 0 Å². The Bertz CT molecular complexity index is 1030. The lowest BCUT2D eigenvalue weighted by atomic mass is 10.2. The third-order valence-corrected chi connectivity index (χ3v) is 5.35. The predicted octanol–water partition coefficient (Wildman–Crippen LogP) is 4.90. The molecule has 1 N–H and O–H groups in total. The maximum Gasteiger partial charge on any atom is 0.237 e. The molecule has 2 aromatic heterocycles. The van der Waals surface area contributed by atoms with Crippen molar-refractivity contribution in [1.82, 2.24) is 20.3 Å². The summed E-state index contributed by atoms with van der Waals surface area (Å²) >= 11 is 2.77. The molecule has 136 valence electrons. The molecule has 0 radical (unpaired) electrons. The summed E-state index contributed by atoms with van der Waals surface area (Å²) in [6, 6.07) is 11.9. The lowest BCUT2D eigenvalue weighted by Gasteiger charge is -2.00. The Morgan fingerprint density at radius 3 is 2.41 bits per heavy atom. The summed E-state index contributed by atoms with van der Waals surface area (Å²) in [6.45, 7) is 0. The second-order valence-corrected chi connectivity index (χ2v) is 7.51. The molecule has 2 heterocycles. The highest BCUT2D eigenvalue weighted by molar-refractivity contribution is 8.00. The van der Waals surface area contributed by atoms with Gasteiger partial charge in [0.1, 0.15) is 11.6 Å². The van der Waals surface area contributed by atoms with Crippen molar-refractivity contribution < 1.29 is 13.3 Å². The summed E-state index contributed by atoms with van der Waals surface area (Å²) in [4.78, 5) is 4.29. The number of aromatic nitrogens is 4. The standard InChI is InChI=1S/C17H11F2N5OS2/c18-11-3-1-10(2-4-11)15-21-14(25-24-15)9-26-17-23-22-16(27-17)20-13-7-5-12(19)6-8-13/h1-8H,9H2,(H,20,22). The highest BCUT2D eigenvalue weighted by Crippen LogP contribution is 2.30. The number of anilines is 2. The number of thioether (sulfide) groups is 1. The normalized spacial score (nSPS) is 10.9. The maximum absolute atomic E-state index is 13.0. The van der Waals surface area contributed by atoms with Crippen molar-refractivity contribution in [3.05, 3.63) is 66.1 Å². The van der Waals surface area contributed by atoms with Gasteiger partial charge in [-0.1, -0.05) is 28.3 Å². The molecule has 27 heavy (non-hydrogen) atoms. The second kappa shape index (κ2) is 7.80. The van der Waals surface area contributed by atoms with Gasteiger partial charge in [0.25, 0.3) is 0 Å². The minimum Gasteiger partial charge on any atom is -0.338 e. The molecule has 4 aromatic rings. The van der Waals surface area contributed by atoms with Crippen LogP contribution in [0.25, 0.3) is 11.4 Å². The zero-order valence-corrected chi connectivity index (χ0v) is 15.2. The van der Waals surface area contributed by atoms with Gasteiger partial charge in [0.2, 0.25) is 16.8 Å². The molecule has 0 unspecified atom stereocenters. The van der Waals surface area contributed by atoms with Crippen LogP contribution in [0.4, 0.5) is 19.6 Å². The monoisotopic (exact) mass is 403 g/mol. The molecule has 4 rings (SSSR count). The number of hydrogen-bond acceptors (Lipinski definition) is 8. The van der Waals surface area contributed by atoms with E-state index in [1.165, 1.54) is 47.4 Å². The van der Waals surface area contributed by atoms with Gasteiger partial charge in [0, 0.05) is 11.3 Å². The van der Waals surface area contributed by atoms with Crippen LogP contribution < -0.4 is 5.32 Å². The van der Waals surface area contributed by atoms with Crippen LogP contribution in [0.3, 0.4) is 0 Å². The van der Waals surface area contributed by atoms with Gasteiger partial charge < -0.3 is 9.84 Å². The molecule has 0 spiro atoms. The van der Waals surface area contributed by atoms with Gasteiger partial charge in [-0.25, -0.2) is 8.78 Å². The van der Waals surface area contributed by atoms with E-state index in [9.17, 15) is 8.78 Å². The van der Waals surface area contributed by atoms with E-state index in [0.717, 1.165) is 10.0 Å². The Kier molecular flexibility index (Phi) is 5.07. The van der Waals surface area contributed by atoms with Crippen LogP contribution in [0, 0.1) is 11.6 Å². The lowest BCUT2D eigenvalue weighted by Crippen LogP contribution is -1.89. The molecule has 10 heteroatoms. The maximum atomic E-state index is 13.0. The highest BCUT2D eigenvalue weighted by atomic mass is 32.2. The molecular weight excluding hydrogens is 392 g/mol. The Labute approximate surface area is 160 Å². The van der Waals surface area contributed by atoms with Crippen LogP contribution in [0.1, 0.15) is 5.89 Å². The van der Waals surface area contributed by atoms with Crippen molar-refractivity contribution in [2.24, 2.45) is 0 Å². The van der Waals surface area contributed by atoms with E-state index in [1.54, 1.807) is 24.3 Å². The van der Waals surface area contributed by atoms with Gasteiger partial charge in [-0.3, -0.25) is 0 Å². The van der Waals surface area contributed by atoms with Crippen LogP contribution in [0.15, 0.2) is 57.4 Å². The van der Waals surface area contributed by atoms with Crippen molar-refractivity contribution >= 4 is 33.9 Å². The minimum absolute atomic E-state index is 0.298. The van der Waals surface area contributed by atoms with Crippen LogP contribution in [0.2, 0.25) is 0 Å². The molecule has 0 aliphatic heterocycles. The molecule has 0 aliphatic carbocycles. The van der Waals surface area contributed by atoms with Crippen LogP contribution in [0.5, 0.6) is 0 Å². The van der Waals surface area contributed by atoms with Gasteiger partial charge in [-0.2, -0.15) is 4.98 Å². The summed E-state index contributed by atoms with van der Waals surface area (Å²) in [5.41, 5.74) is 1.41. The fraction of sp³-hybridized carbons (Fsp3) is 0.0588. The average molecular weight is 403 g/mol. The SMILES string of the molecule is Fc1ccc(Nc2nnc(SCc3nc(-c4ccc(F)cc4)no3)s2)cc1. The molecule has 0 amide bonds. The van der Waals surface area contributed by atoms with E-state index in [0.29, 0.717) is 28.2 Å². The van der Waals surface area contributed by atoms with Crippen LogP contribution in [-0.2, 0) is 5.75 Å². The molecule has 0 saturated heterocycles. The number of nitrogens with one attached hydrogen (secondary N) is 1. The van der Waals surface area contributed by atoms with Gasteiger partial charge in [-0.05, 0) is 48.5 Å². The molecule has 0 saturated carbocycles. The fourth-order valence-electron chi connectivity index (χ4n) is 2.13. The summed E-state index contributed by atoms with van der Waals surface area (Å²) in [5, 5.41) is 15.7. The third-order valence-electron chi connectivity index (χ3n) is 3.39. The molecular formula is C17H11F2N5OS2. The lowest BCUT2D eigenvalue weighted by molar-refractivity contribution is 0.391. The first-order valence-electron chi connectivity index (χ1n) is 7.73. The first-order chi connectivity index (χ1) is 13.2. The van der Waals surface area contributed by atoms with Crippen molar-refractivity contribution in [3.8, 4) is 11.4 Å². The zero-order chi connectivity index (χ0) is 18.6. The predicted molar refractivity (Wildman–Crippen MR) is 98.8 cm³/mol. The molecule has 0 bridgehead atoms. The molecule has 0 fully saturated rings. The quantitative estimate of drug-likeness (QED) is 0.459. The van der Waals surface area contributed by atoms with Crippen molar-refractivity contribution in [1.29, 1.82) is 0 Å². The largest absolute Gasteiger partial charge is 0.338 e. The molecule has 6 nitrogen and oxygen atoms in total. The average Bonchev–Trinajstić information content (AvgIpc) is 3.32. The number of benzene rings is 2. The second-order valence-electron chi connectivity index (χ2n) is 5.31. The van der Waals surface area contributed by atoms with E-state index in [1.807, 2.05) is 0 Å². The Hall–Kier alpha value is -2.85. The first kappa shape index (κ1) is 17.6. The molecule has 0 atom stereocenters. The topological polar surface area (TPSA) is 76.7 Å². The Balaban J connectivity index is 1.36. The Morgan fingerprint density at radius 2 is 1.67 bits per heavy atom. The number of hydrogen-bond donors (Lipinski definition) is 1. The van der Waals surface area contributed by atoms with Gasteiger partial charge >= 0.3 is 0 Å². The molecule has 0 aliphatic rings. The van der Waals surface area contributed by atoms with Gasteiger partial charge in [0.05, 0.1) is 5.75 Å². The van der Waals surface area contributed by atoms with Gasteiger partial charge in [-0.15, -0.1) is 10.2 Å². The van der Waals surface area contributed by atoms with Crippen molar-refractivity contribution in [3.63, 3.8) is 0 Å². The Morgan fingerprint density at radius 1 is 0.963 bits per heavy atom. The van der Waals surface area contributed by atoms with Crippen LogP contribution >= 0.6 is 23.1 Å². The van der Waals surface area contributed by atoms with Gasteiger partial charge in [0.15, 0.2) is 4.34 Å². The fourth-order valence-corrected chi connectivity index (χ4v) is 3.74. The van der Waals surface area contributed by atoms with E-state index in [-0.39, 0.29) is 11.6 Å². The highest BCUT2D eigenvalue weighted by Gasteiger charge is 2.11. The number of nitrogens with zero attached hydrogens (tertiary/aromatic N) is 4. The first-order valence-corrected chi connectivity index (χ1v) is 9.53. The number of rotatable bonds is 6. The van der Waals surface area contributed by atoms with Crippen molar-refractivity contribution in [2.45, 2.75) is 10.1 Å². The minimum atomic E-state index is -0.320. The molecule has 2 aromatic carbocycles. The third kappa shape index (κ3) is 4.47. The van der Waals surface area contributed by atoms with E-state index in [4.69, 9.17) is 4.52 Å². The number of halogens is 2. The van der Waals surface area contributed by atoms with Crippen molar-refractivity contribution in [2.75, 3.05) is 5.32 Å².